The number of benzene rings is 2. The number of H-pyrrole nitrogens is 1. The molecular formula is C29H31FN6O. The number of halogens is 1. The van der Waals surface area contributed by atoms with Crippen LogP contribution in [0.3, 0.4) is 0 Å². The molecule has 0 unspecified atom stereocenters. The number of fused-ring (bicyclic) bond motifs is 1. The summed E-state index contributed by atoms with van der Waals surface area (Å²) in [6.45, 7) is 3.39. The van der Waals surface area contributed by atoms with Gasteiger partial charge in [0.15, 0.2) is 5.82 Å². The van der Waals surface area contributed by atoms with Crippen LogP contribution in [0.1, 0.15) is 73.1 Å². The first kappa shape index (κ1) is 23.7. The molecule has 37 heavy (non-hydrogen) atoms. The number of hydrogen-bond acceptors (Lipinski definition) is 5. The smallest absolute Gasteiger partial charge is 0.253 e. The SMILES string of the molecule is Cc1ccc2cc([C@H](c3nnnn3C3CCCCC3)N3CC=C(c4ccc(F)cc4)CC3)c(=O)[nH]c2c1. The summed E-state index contributed by atoms with van der Waals surface area (Å²) in [7, 11) is 0. The minimum absolute atomic E-state index is 0.116. The Kier molecular flexibility index (Phi) is 6.42. The summed E-state index contributed by atoms with van der Waals surface area (Å²) in [6.07, 6.45) is 8.63. The second-order valence-corrected chi connectivity index (χ2v) is 10.3. The third-order valence-electron chi connectivity index (χ3n) is 7.83. The summed E-state index contributed by atoms with van der Waals surface area (Å²) in [5.41, 5.74) is 4.68. The molecule has 2 aromatic carbocycles. The van der Waals surface area contributed by atoms with Crippen LogP contribution in [0.2, 0.25) is 0 Å². The van der Waals surface area contributed by atoms with Gasteiger partial charge < -0.3 is 4.98 Å². The number of nitrogens with zero attached hydrogens (tertiary/aromatic N) is 5. The fraction of sp³-hybridized carbons (Fsp3) is 0.379. The van der Waals surface area contributed by atoms with Gasteiger partial charge in [0.05, 0.1) is 6.04 Å². The van der Waals surface area contributed by atoms with Crippen LogP contribution in [-0.4, -0.2) is 43.2 Å². The van der Waals surface area contributed by atoms with Gasteiger partial charge in [0, 0.05) is 24.2 Å². The van der Waals surface area contributed by atoms with Crippen molar-refractivity contribution in [3.8, 4) is 0 Å². The van der Waals surface area contributed by atoms with Crippen molar-refractivity contribution in [3.05, 3.63) is 93.3 Å². The van der Waals surface area contributed by atoms with Gasteiger partial charge >= 0.3 is 0 Å². The minimum Gasteiger partial charge on any atom is -0.322 e. The molecule has 1 saturated carbocycles. The number of hydrogen-bond donors (Lipinski definition) is 1. The third-order valence-corrected chi connectivity index (χ3v) is 7.83. The number of pyridine rings is 1. The van der Waals surface area contributed by atoms with Gasteiger partial charge in [-0.05, 0) is 83.0 Å². The summed E-state index contributed by atoms with van der Waals surface area (Å²) in [4.78, 5) is 18.9. The van der Waals surface area contributed by atoms with Crippen molar-refractivity contribution in [2.75, 3.05) is 13.1 Å². The summed E-state index contributed by atoms with van der Waals surface area (Å²) < 4.78 is 15.4. The Hall–Kier alpha value is -3.65. The molecule has 3 heterocycles. The first-order valence-corrected chi connectivity index (χ1v) is 13.2. The van der Waals surface area contributed by atoms with Crippen LogP contribution in [0.5, 0.6) is 0 Å². The first-order valence-electron chi connectivity index (χ1n) is 13.2. The van der Waals surface area contributed by atoms with E-state index >= 15 is 0 Å². The zero-order valence-corrected chi connectivity index (χ0v) is 21.0. The normalized spacial score (nSPS) is 18.2. The second kappa shape index (κ2) is 10.0. The third kappa shape index (κ3) is 4.73. The van der Waals surface area contributed by atoms with E-state index in [1.165, 1.54) is 24.1 Å². The fourth-order valence-electron chi connectivity index (χ4n) is 5.85. The van der Waals surface area contributed by atoms with Crippen molar-refractivity contribution in [1.82, 2.24) is 30.1 Å². The number of rotatable bonds is 5. The predicted octanol–water partition coefficient (Wildman–Crippen LogP) is 5.35. The molecule has 0 amide bonds. The molecule has 0 radical (unpaired) electrons. The van der Waals surface area contributed by atoms with Crippen LogP contribution in [0, 0.1) is 12.7 Å². The van der Waals surface area contributed by atoms with Crippen LogP contribution in [-0.2, 0) is 0 Å². The topological polar surface area (TPSA) is 79.7 Å². The Morgan fingerprint density at radius 2 is 1.86 bits per heavy atom. The van der Waals surface area contributed by atoms with Gasteiger partial charge in [-0.2, -0.15) is 0 Å². The molecule has 1 atom stereocenters. The van der Waals surface area contributed by atoms with Crippen LogP contribution >= 0.6 is 0 Å². The van der Waals surface area contributed by atoms with Crippen molar-refractivity contribution >= 4 is 16.5 Å². The van der Waals surface area contributed by atoms with Gasteiger partial charge in [0.25, 0.3) is 5.56 Å². The number of aromatic amines is 1. The van der Waals surface area contributed by atoms with E-state index in [-0.39, 0.29) is 23.5 Å². The quantitative estimate of drug-likeness (QED) is 0.402. The van der Waals surface area contributed by atoms with Gasteiger partial charge in [-0.25, -0.2) is 9.07 Å². The van der Waals surface area contributed by atoms with E-state index in [0.717, 1.165) is 66.5 Å². The van der Waals surface area contributed by atoms with Gasteiger partial charge in [-0.1, -0.05) is 49.6 Å². The van der Waals surface area contributed by atoms with Gasteiger partial charge in [-0.3, -0.25) is 9.69 Å². The summed E-state index contributed by atoms with van der Waals surface area (Å²) in [6, 6.07) is 14.6. The van der Waals surface area contributed by atoms with Crippen LogP contribution in [0.25, 0.3) is 16.5 Å². The lowest BCUT2D eigenvalue weighted by Gasteiger charge is -2.34. The van der Waals surface area contributed by atoms with Crippen molar-refractivity contribution in [3.63, 3.8) is 0 Å². The van der Waals surface area contributed by atoms with Crippen LogP contribution in [0.4, 0.5) is 4.39 Å². The Bertz CT molecular complexity index is 1500. The van der Waals surface area contributed by atoms with E-state index < -0.39 is 0 Å². The van der Waals surface area contributed by atoms with Crippen LogP contribution < -0.4 is 5.56 Å². The van der Waals surface area contributed by atoms with Gasteiger partial charge in [0.2, 0.25) is 0 Å². The van der Waals surface area contributed by atoms with Crippen molar-refractivity contribution in [2.24, 2.45) is 0 Å². The zero-order chi connectivity index (χ0) is 25.4. The molecular weight excluding hydrogens is 467 g/mol. The van der Waals surface area contributed by atoms with Crippen molar-refractivity contribution in [1.29, 1.82) is 0 Å². The highest BCUT2D eigenvalue weighted by Crippen LogP contribution is 2.35. The summed E-state index contributed by atoms with van der Waals surface area (Å²) in [5.74, 6) is 0.490. The largest absolute Gasteiger partial charge is 0.322 e. The standard InChI is InChI=1S/C29H31FN6O/c1-19-7-8-22-18-25(29(37)31-26(22)17-19)27(28-32-33-34-36(28)24-5-3-2-4-6-24)35-15-13-21(14-16-35)20-9-11-23(30)12-10-20/h7-13,17-18,24,27H,2-6,14-16H2,1H3,(H,31,37)/t27-/m1/s1. The molecule has 0 saturated heterocycles. The molecule has 2 aliphatic rings. The molecule has 8 heteroatoms. The lowest BCUT2D eigenvalue weighted by Crippen LogP contribution is -2.38. The minimum atomic E-state index is -0.377. The number of nitrogens with one attached hydrogen (secondary N) is 1. The van der Waals surface area contributed by atoms with Crippen molar-refractivity contribution < 1.29 is 4.39 Å². The van der Waals surface area contributed by atoms with Gasteiger partial charge in [-0.15, -0.1) is 5.10 Å². The number of aromatic nitrogens is 5. The molecule has 1 fully saturated rings. The molecule has 2 aromatic heterocycles. The maximum atomic E-state index is 13.5. The Morgan fingerprint density at radius 1 is 1.05 bits per heavy atom. The Balaban J connectivity index is 1.42. The summed E-state index contributed by atoms with van der Waals surface area (Å²) in [5, 5.41) is 14.0. The summed E-state index contributed by atoms with van der Waals surface area (Å²) >= 11 is 0. The van der Waals surface area contributed by atoms with E-state index in [2.05, 4.69) is 37.6 Å². The molecule has 7 nitrogen and oxygen atoms in total. The molecule has 190 valence electrons. The van der Waals surface area contributed by atoms with E-state index in [1.807, 2.05) is 41.9 Å². The molecule has 1 aliphatic carbocycles. The lowest BCUT2D eigenvalue weighted by atomic mass is 9.94. The molecule has 4 aromatic rings. The van der Waals surface area contributed by atoms with Crippen molar-refractivity contribution in [2.45, 2.75) is 57.5 Å². The number of tetrazole rings is 1. The molecule has 0 spiro atoms. The highest BCUT2D eigenvalue weighted by Gasteiger charge is 2.33. The van der Waals surface area contributed by atoms with E-state index in [4.69, 9.17) is 0 Å². The lowest BCUT2D eigenvalue weighted by molar-refractivity contribution is 0.221. The van der Waals surface area contributed by atoms with E-state index in [9.17, 15) is 9.18 Å². The van der Waals surface area contributed by atoms with Gasteiger partial charge in [0.1, 0.15) is 11.9 Å². The number of aryl methyl sites for hydroxylation is 1. The van der Waals surface area contributed by atoms with Crippen LogP contribution in [0.15, 0.2) is 59.4 Å². The average molecular weight is 499 g/mol. The Labute approximate surface area is 215 Å². The van der Waals surface area contributed by atoms with E-state index in [0.29, 0.717) is 12.1 Å². The Morgan fingerprint density at radius 3 is 2.62 bits per heavy atom. The first-order chi connectivity index (χ1) is 18.1. The highest BCUT2D eigenvalue weighted by atomic mass is 19.1. The predicted molar refractivity (Wildman–Crippen MR) is 142 cm³/mol. The maximum absolute atomic E-state index is 13.5. The zero-order valence-electron chi connectivity index (χ0n) is 21.0. The molecule has 0 bridgehead atoms. The molecule has 1 N–H and O–H groups in total. The molecule has 6 rings (SSSR count). The second-order valence-electron chi connectivity index (χ2n) is 10.3. The fourth-order valence-corrected chi connectivity index (χ4v) is 5.85. The van der Waals surface area contributed by atoms with E-state index in [1.54, 1.807) is 0 Å². The highest BCUT2D eigenvalue weighted by molar-refractivity contribution is 5.79. The monoisotopic (exact) mass is 498 g/mol. The average Bonchev–Trinajstić information content (AvgIpc) is 3.40. The molecule has 1 aliphatic heterocycles. The maximum Gasteiger partial charge on any atom is 0.253 e.